The topological polar surface area (TPSA) is 93.3 Å². The maximum atomic E-state index is 10.3. The Morgan fingerprint density at radius 1 is 1.60 bits per heavy atom. The van der Waals surface area contributed by atoms with Crippen molar-refractivity contribution in [1.82, 2.24) is 0 Å². The molecule has 0 rings (SSSR count). The summed E-state index contributed by atoms with van der Waals surface area (Å²) in [7, 11) is 3.28. The van der Waals surface area contributed by atoms with Gasteiger partial charge in [-0.3, -0.25) is 0 Å². The number of quaternary nitrogens is 1. The molecule has 0 spiro atoms. The van der Waals surface area contributed by atoms with E-state index >= 15 is 0 Å². The van der Waals surface area contributed by atoms with Crippen LogP contribution in [0.25, 0.3) is 0 Å². The van der Waals surface area contributed by atoms with Crippen molar-refractivity contribution in [1.29, 1.82) is 0 Å². The van der Waals surface area contributed by atoms with E-state index in [9.17, 15) is 4.79 Å². The second-order valence-corrected chi connectivity index (χ2v) is 2.64. The number of aliphatic carboxylic acids is 1. The van der Waals surface area contributed by atoms with Crippen molar-refractivity contribution in [2.24, 2.45) is 5.84 Å². The van der Waals surface area contributed by atoms with Crippen molar-refractivity contribution in [2.45, 2.75) is 13.0 Å². The lowest BCUT2D eigenvalue weighted by Crippen LogP contribution is -2.56. The highest BCUT2D eigenvalue weighted by Crippen LogP contribution is 1.96. The van der Waals surface area contributed by atoms with E-state index < -0.39 is 12.0 Å². The normalized spacial score (nSPS) is 13.6. The largest absolute Gasteiger partial charge is 0.870 e. The fourth-order valence-electron chi connectivity index (χ4n) is 0.285. The minimum atomic E-state index is -0.873. The first-order valence-corrected chi connectivity index (χ1v) is 2.70. The average Bonchev–Trinajstić information content (AvgIpc) is 1.62. The smallest absolute Gasteiger partial charge is 0.364 e. The molecule has 0 saturated heterocycles. The summed E-state index contributed by atoms with van der Waals surface area (Å²) >= 11 is 0. The first kappa shape index (κ1) is 12.1. The number of nitrogens with two attached hydrogens (primary N) is 1. The van der Waals surface area contributed by atoms with Gasteiger partial charge in [-0.1, -0.05) is 0 Å². The van der Waals surface area contributed by atoms with E-state index in [0.29, 0.717) is 0 Å². The van der Waals surface area contributed by atoms with Gasteiger partial charge in [-0.05, 0) is 0 Å². The van der Waals surface area contributed by atoms with Gasteiger partial charge in [0, 0.05) is 6.92 Å². The highest BCUT2D eigenvalue weighted by molar-refractivity contribution is 5.71. The molecular formula is C5H14N2O3. The van der Waals surface area contributed by atoms with E-state index in [4.69, 9.17) is 10.9 Å². The highest BCUT2D eigenvalue weighted by Gasteiger charge is 2.26. The molecule has 0 aliphatic carbocycles. The lowest BCUT2D eigenvalue weighted by Gasteiger charge is -2.26. The van der Waals surface area contributed by atoms with Gasteiger partial charge in [0.05, 0.1) is 14.1 Å². The second-order valence-electron chi connectivity index (χ2n) is 2.64. The van der Waals surface area contributed by atoms with Crippen molar-refractivity contribution < 1.29 is 20.0 Å². The molecule has 0 saturated carbocycles. The Hall–Kier alpha value is -0.650. The molecule has 0 aromatic carbocycles. The minimum Gasteiger partial charge on any atom is -0.870 e. The van der Waals surface area contributed by atoms with Gasteiger partial charge in [0.2, 0.25) is 6.04 Å². The molecule has 5 heteroatoms. The van der Waals surface area contributed by atoms with Gasteiger partial charge in [0.25, 0.3) is 0 Å². The molecule has 0 aliphatic rings. The average molecular weight is 150 g/mol. The number of likely N-dealkylation sites (N-methyl/N-ethyl adjacent to an activating group) is 1. The molecule has 5 nitrogen and oxygen atoms in total. The van der Waals surface area contributed by atoms with Crippen molar-refractivity contribution in [3.05, 3.63) is 0 Å². The van der Waals surface area contributed by atoms with Crippen molar-refractivity contribution >= 4 is 5.97 Å². The predicted molar refractivity (Wildman–Crippen MR) is 35.3 cm³/mol. The Morgan fingerprint density at radius 2 is 1.90 bits per heavy atom. The quantitative estimate of drug-likeness (QED) is 0.307. The van der Waals surface area contributed by atoms with Crippen molar-refractivity contribution in [2.75, 3.05) is 14.1 Å². The van der Waals surface area contributed by atoms with E-state index in [-0.39, 0.29) is 10.1 Å². The van der Waals surface area contributed by atoms with Gasteiger partial charge >= 0.3 is 5.97 Å². The number of carboxylic acid groups (broad SMARTS) is 1. The van der Waals surface area contributed by atoms with Crippen LogP contribution >= 0.6 is 0 Å². The number of hydrogen-bond donors (Lipinski definition) is 2. The molecule has 1 atom stereocenters. The van der Waals surface area contributed by atoms with Crippen LogP contribution in [0.3, 0.4) is 0 Å². The first-order valence-electron chi connectivity index (χ1n) is 2.70. The lowest BCUT2D eigenvalue weighted by molar-refractivity contribution is -0.916. The molecule has 62 valence electrons. The zero-order chi connectivity index (χ0) is 7.65. The Kier molecular flexibility index (Phi) is 4.23. The summed E-state index contributed by atoms with van der Waals surface area (Å²) in [4.78, 5) is 10.3. The number of carbonyl (C=O) groups is 1. The van der Waals surface area contributed by atoms with Gasteiger partial charge in [-0.2, -0.15) is 5.84 Å². The third kappa shape index (κ3) is 3.39. The molecule has 1 unspecified atom stereocenters. The summed E-state index contributed by atoms with van der Waals surface area (Å²) in [6.45, 7) is 1.57. The number of carboxylic acids is 1. The van der Waals surface area contributed by atoms with Gasteiger partial charge in [-0.15, -0.1) is 0 Å². The number of hydrogen-bond acceptors (Lipinski definition) is 3. The molecule has 10 heavy (non-hydrogen) atoms. The second kappa shape index (κ2) is 3.50. The molecular weight excluding hydrogens is 136 g/mol. The maximum absolute atomic E-state index is 10.3. The van der Waals surface area contributed by atoms with Crippen LogP contribution in [0.2, 0.25) is 0 Å². The third-order valence-electron chi connectivity index (χ3n) is 1.36. The number of rotatable bonds is 2. The maximum Gasteiger partial charge on any atom is 0.364 e. The molecule has 0 amide bonds. The fraction of sp³-hybridized carbons (Fsp3) is 0.800. The summed E-state index contributed by atoms with van der Waals surface area (Å²) < 4.78 is -0.0324. The zero-order valence-corrected chi connectivity index (χ0v) is 6.40. The Balaban J connectivity index is 0. The highest BCUT2D eigenvalue weighted by atomic mass is 16.4. The summed E-state index contributed by atoms with van der Waals surface area (Å²) in [5, 5.41) is 8.42. The van der Waals surface area contributed by atoms with E-state index in [0.717, 1.165) is 0 Å². The van der Waals surface area contributed by atoms with Crippen LogP contribution in [0, 0.1) is 0 Å². The van der Waals surface area contributed by atoms with E-state index in [1.807, 2.05) is 0 Å². The van der Waals surface area contributed by atoms with Crippen molar-refractivity contribution in [3.8, 4) is 0 Å². The lowest BCUT2D eigenvalue weighted by atomic mass is 10.3. The molecule has 0 fully saturated rings. The van der Waals surface area contributed by atoms with Gasteiger partial charge < -0.3 is 10.6 Å². The minimum absolute atomic E-state index is 0. The van der Waals surface area contributed by atoms with Crippen LogP contribution in [-0.2, 0) is 4.79 Å². The van der Waals surface area contributed by atoms with E-state index in [2.05, 4.69) is 0 Å². The molecule has 0 radical (unpaired) electrons. The monoisotopic (exact) mass is 150 g/mol. The van der Waals surface area contributed by atoms with Crippen LogP contribution in [0.5, 0.6) is 0 Å². The van der Waals surface area contributed by atoms with Crippen LogP contribution in [0.15, 0.2) is 0 Å². The fourth-order valence-corrected chi connectivity index (χ4v) is 0.285. The van der Waals surface area contributed by atoms with Crippen LogP contribution in [0.1, 0.15) is 6.92 Å². The Bertz CT molecular complexity index is 119. The summed E-state index contributed by atoms with van der Waals surface area (Å²) in [6, 6.07) is -0.551. The molecule has 0 bridgehead atoms. The molecule has 0 aliphatic heterocycles. The van der Waals surface area contributed by atoms with Gasteiger partial charge in [-0.25, -0.2) is 9.39 Å². The summed E-state index contributed by atoms with van der Waals surface area (Å²) in [5.41, 5.74) is 0. The Labute approximate surface area is 59.9 Å². The summed E-state index contributed by atoms with van der Waals surface area (Å²) in [6.07, 6.45) is 0. The summed E-state index contributed by atoms with van der Waals surface area (Å²) in [5.74, 6) is 4.56. The standard InChI is InChI=1S/C5H12N2O2.H2O/c1-4(5(8)9)7(2,3)6;/h4H,6H2,1-3H3;1H2. The zero-order valence-electron chi connectivity index (χ0n) is 6.40. The number of nitrogens with zero attached hydrogens (tertiary/aromatic N) is 1. The van der Waals surface area contributed by atoms with Crippen LogP contribution in [-0.4, -0.2) is 41.3 Å². The van der Waals surface area contributed by atoms with Gasteiger partial charge in [0.15, 0.2) is 0 Å². The van der Waals surface area contributed by atoms with Crippen LogP contribution < -0.4 is 5.84 Å². The first-order chi connectivity index (χ1) is 3.85. The molecule has 0 aromatic rings. The third-order valence-corrected chi connectivity index (χ3v) is 1.36. The van der Waals surface area contributed by atoms with Crippen LogP contribution in [0.4, 0.5) is 0 Å². The Morgan fingerprint density at radius 3 is 1.90 bits per heavy atom. The van der Waals surface area contributed by atoms with Crippen molar-refractivity contribution in [3.63, 3.8) is 0 Å². The SMILES string of the molecule is CC(C(=O)O)[N+](C)(C)N.[OH-]. The molecule has 0 heterocycles. The van der Waals surface area contributed by atoms with E-state index in [1.54, 1.807) is 21.0 Å². The molecule has 0 aromatic heterocycles. The van der Waals surface area contributed by atoms with Gasteiger partial charge in [0.1, 0.15) is 0 Å². The predicted octanol–water partition coefficient (Wildman–Crippen LogP) is -0.767. The van der Waals surface area contributed by atoms with E-state index in [1.165, 1.54) is 0 Å². The molecule has 4 N–H and O–H groups in total.